The summed E-state index contributed by atoms with van der Waals surface area (Å²) in [4.78, 5) is 0. The van der Waals surface area contributed by atoms with Gasteiger partial charge in [-0.3, -0.25) is 0 Å². The molecule has 0 amide bonds. The number of halogens is 1. The molecule has 1 atom stereocenters. The minimum absolute atomic E-state index is 0.195. The van der Waals surface area contributed by atoms with Gasteiger partial charge in [-0.2, -0.15) is 0 Å². The van der Waals surface area contributed by atoms with Gasteiger partial charge in [-0.05, 0) is 65.3 Å². The number of nitrogens with one attached hydrogen (secondary N) is 1. The summed E-state index contributed by atoms with van der Waals surface area (Å²) in [5.74, 6) is -0.334. The third kappa shape index (κ3) is 12.3. The molecule has 4 heteroatoms. The van der Waals surface area contributed by atoms with Crippen LogP contribution in [0.5, 0.6) is 0 Å². The highest BCUT2D eigenvalue weighted by molar-refractivity contribution is 5.11. The molecule has 118 valence electrons. The normalized spacial score (nSPS) is 15.0. The van der Waals surface area contributed by atoms with Crippen molar-refractivity contribution in [2.75, 3.05) is 19.7 Å². The Morgan fingerprint density at radius 2 is 2.15 bits per heavy atom. The standard InChI is InChI=1S/C16H30FNO2/c1-5-18-12-7-11-16(3,4)20-13-6-8-15(17)10-9-14(2)19/h6,8,10,14,18-19H,5,7,9,11-13H2,1-4H3/b8-6-,15-10+. The van der Waals surface area contributed by atoms with Crippen LogP contribution >= 0.6 is 0 Å². The molecule has 0 fully saturated rings. The Kier molecular flexibility index (Phi) is 10.6. The van der Waals surface area contributed by atoms with E-state index in [9.17, 15) is 4.39 Å². The number of aliphatic hydroxyl groups excluding tert-OH is 1. The molecule has 0 spiro atoms. The first-order valence-corrected chi connectivity index (χ1v) is 7.42. The van der Waals surface area contributed by atoms with Crippen LogP contribution in [-0.2, 0) is 4.74 Å². The van der Waals surface area contributed by atoms with E-state index in [1.807, 2.05) is 13.8 Å². The highest BCUT2D eigenvalue weighted by atomic mass is 19.1. The second kappa shape index (κ2) is 11.0. The number of rotatable bonds is 11. The lowest BCUT2D eigenvalue weighted by Gasteiger charge is -2.24. The minimum atomic E-state index is -0.513. The summed E-state index contributed by atoms with van der Waals surface area (Å²) in [7, 11) is 0. The van der Waals surface area contributed by atoms with Crippen molar-refractivity contribution >= 4 is 0 Å². The molecule has 0 aromatic heterocycles. The van der Waals surface area contributed by atoms with Crippen LogP contribution in [0.2, 0.25) is 0 Å². The Balaban J connectivity index is 3.87. The molecule has 0 aliphatic carbocycles. The maximum Gasteiger partial charge on any atom is 0.119 e. The highest BCUT2D eigenvalue weighted by Crippen LogP contribution is 2.16. The number of allylic oxidation sites excluding steroid dienone is 2. The SMILES string of the molecule is CCNCCCC(C)(C)OC/C=C\C(F)=C/CC(C)O. The summed E-state index contributed by atoms with van der Waals surface area (Å²) in [6.07, 6.45) is 6.27. The van der Waals surface area contributed by atoms with E-state index < -0.39 is 6.10 Å². The molecule has 2 N–H and O–H groups in total. The molecule has 0 rings (SSSR count). The van der Waals surface area contributed by atoms with Crippen molar-refractivity contribution in [3.8, 4) is 0 Å². The highest BCUT2D eigenvalue weighted by Gasteiger charge is 2.16. The monoisotopic (exact) mass is 287 g/mol. The van der Waals surface area contributed by atoms with Crippen molar-refractivity contribution in [2.45, 2.75) is 58.7 Å². The fourth-order valence-corrected chi connectivity index (χ4v) is 1.67. The van der Waals surface area contributed by atoms with E-state index in [-0.39, 0.29) is 11.4 Å². The zero-order valence-electron chi connectivity index (χ0n) is 13.3. The quantitative estimate of drug-likeness (QED) is 0.452. The number of ether oxygens (including phenoxy) is 1. The second-order valence-corrected chi connectivity index (χ2v) is 5.60. The number of aliphatic hydroxyl groups is 1. The first-order valence-electron chi connectivity index (χ1n) is 7.42. The average molecular weight is 287 g/mol. The van der Waals surface area contributed by atoms with E-state index in [4.69, 9.17) is 9.84 Å². The molecule has 0 saturated heterocycles. The molecule has 0 radical (unpaired) electrons. The van der Waals surface area contributed by atoms with Gasteiger partial charge in [0, 0.05) is 0 Å². The molecule has 1 unspecified atom stereocenters. The van der Waals surface area contributed by atoms with E-state index in [0.29, 0.717) is 13.0 Å². The Hall–Kier alpha value is -0.710. The van der Waals surface area contributed by atoms with Crippen molar-refractivity contribution in [3.05, 3.63) is 24.1 Å². The Morgan fingerprint density at radius 3 is 2.75 bits per heavy atom. The molecule has 0 aliphatic heterocycles. The van der Waals surface area contributed by atoms with Crippen LogP contribution in [0, 0.1) is 0 Å². The van der Waals surface area contributed by atoms with E-state index in [0.717, 1.165) is 25.9 Å². The zero-order valence-corrected chi connectivity index (χ0v) is 13.3. The van der Waals surface area contributed by atoms with Crippen LogP contribution in [-0.4, -0.2) is 36.5 Å². The maximum absolute atomic E-state index is 13.3. The van der Waals surface area contributed by atoms with Gasteiger partial charge in [-0.25, -0.2) is 4.39 Å². The fourth-order valence-electron chi connectivity index (χ4n) is 1.67. The number of hydrogen-bond acceptors (Lipinski definition) is 3. The molecule has 3 nitrogen and oxygen atoms in total. The topological polar surface area (TPSA) is 41.5 Å². The van der Waals surface area contributed by atoms with Crippen LogP contribution in [0.15, 0.2) is 24.1 Å². The molecule has 0 aliphatic rings. The molecule has 0 aromatic rings. The first kappa shape index (κ1) is 19.3. The fraction of sp³-hybridized carbons (Fsp3) is 0.750. The van der Waals surface area contributed by atoms with Crippen molar-refractivity contribution in [1.29, 1.82) is 0 Å². The molecular weight excluding hydrogens is 257 g/mol. The third-order valence-corrected chi connectivity index (χ3v) is 2.88. The van der Waals surface area contributed by atoms with E-state index >= 15 is 0 Å². The maximum atomic E-state index is 13.3. The van der Waals surface area contributed by atoms with E-state index in [2.05, 4.69) is 12.2 Å². The molecule has 20 heavy (non-hydrogen) atoms. The lowest BCUT2D eigenvalue weighted by atomic mass is 10.0. The molecule has 0 bridgehead atoms. The molecule has 0 saturated carbocycles. The van der Waals surface area contributed by atoms with E-state index in [1.165, 1.54) is 12.2 Å². The van der Waals surface area contributed by atoms with Crippen LogP contribution in [0.25, 0.3) is 0 Å². The van der Waals surface area contributed by atoms with Gasteiger partial charge in [0.15, 0.2) is 0 Å². The Labute approximate surface area is 122 Å². The molecular formula is C16H30FNO2. The Bertz CT molecular complexity index is 299. The predicted octanol–water partition coefficient (Wildman–Crippen LogP) is 3.35. The van der Waals surface area contributed by atoms with Crippen LogP contribution < -0.4 is 5.32 Å². The van der Waals surface area contributed by atoms with Crippen LogP contribution in [0.1, 0.15) is 47.0 Å². The van der Waals surface area contributed by atoms with Crippen molar-refractivity contribution in [3.63, 3.8) is 0 Å². The summed E-state index contributed by atoms with van der Waals surface area (Å²) >= 11 is 0. The number of hydrogen-bond donors (Lipinski definition) is 2. The Morgan fingerprint density at radius 1 is 1.45 bits per heavy atom. The average Bonchev–Trinajstić information content (AvgIpc) is 2.37. The lowest BCUT2D eigenvalue weighted by Crippen LogP contribution is -2.26. The van der Waals surface area contributed by atoms with Gasteiger partial charge in [0.05, 0.1) is 18.3 Å². The third-order valence-electron chi connectivity index (χ3n) is 2.88. The zero-order chi connectivity index (χ0) is 15.4. The summed E-state index contributed by atoms with van der Waals surface area (Å²) in [6.45, 7) is 10.2. The molecule has 0 aromatic carbocycles. The van der Waals surface area contributed by atoms with Gasteiger partial charge >= 0.3 is 0 Å². The summed E-state index contributed by atoms with van der Waals surface area (Å²) in [5, 5.41) is 12.3. The lowest BCUT2D eigenvalue weighted by molar-refractivity contribution is -0.00852. The predicted molar refractivity (Wildman–Crippen MR) is 82.4 cm³/mol. The van der Waals surface area contributed by atoms with Gasteiger partial charge < -0.3 is 15.2 Å². The van der Waals surface area contributed by atoms with Gasteiger partial charge in [0.2, 0.25) is 0 Å². The minimum Gasteiger partial charge on any atom is -0.393 e. The molecule has 0 heterocycles. The summed E-state index contributed by atoms with van der Waals surface area (Å²) in [6, 6.07) is 0. The van der Waals surface area contributed by atoms with Gasteiger partial charge in [0.25, 0.3) is 0 Å². The van der Waals surface area contributed by atoms with Crippen LogP contribution in [0.3, 0.4) is 0 Å². The van der Waals surface area contributed by atoms with Gasteiger partial charge in [-0.15, -0.1) is 0 Å². The second-order valence-electron chi connectivity index (χ2n) is 5.60. The largest absolute Gasteiger partial charge is 0.393 e. The van der Waals surface area contributed by atoms with Crippen LogP contribution in [0.4, 0.5) is 4.39 Å². The summed E-state index contributed by atoms with van der Waals surface area (Å²) in [5.41, 5.74) is -0.195. The first-order chi connectivity index (χ1) is 9.37. The van der Waals surface area contributed by atoms with Gasteiger partial charge in [0.1, 0.15) is 5.83 Å². The van der Waals surface area contributed by atoms with Crippen molar-refractivity contribution < 1.29 is 14.2 Å². The van der Waals surface area contributed by atoms with Crippen molar-refractivity contribution in [2.24, 2.45) is 0 Å². The van der Waals surface area contributed by atoms with Crippen molar-refractivity contribution in [1.82, 2.24) is 5.32 Å². The van der Waals surface area contributed by atoms with E-state index in [1.54, 1.807) is 13.0 Å². The summed E-state index contributed by atoms with van der Waals surface area (Å²) < 4.78 is 19.0. The smallest absolute Gasteiger partial charge is 0.119 e. The van der Waals surface area contributed by atoms with Gasteiger partial charge in [-0.1, -0.05) is 13.0 Å².